The molecule has 0 aliphatic rings. The van der Waals surface area contributed by atoms with Crippen molar-refractivity contribution >= 4 is 28.8 Å². The summed E-state index contributed by atoms with van der Waals surface area (Å²) in [4.78, 5) is 19.5. The second-order valence-electron chi connectivity index (χ2n) is 3.75. The van der Waals surface area contributed by atoms with Gasteiger partial charge in [-0.25, -0.2) is 19.9 Å². The van der Waals surface area contributed by atoms with Crippen molar-refractivity contribution in [2.45, 2.75) is 10.1 Å². The Morgan fingerprint density at radius 2 is 2.15 bits per heavy atom. The molecule has 0 spiro atoms. The molecule has 100 valence electrons. The molecule has 3 rings (SSSR count). The minimum absolute atomic E-state index is 0.0204. The van der Waals surface area contributed by atoms with Crippen LogP contribution in [0.4, 0.5) is 0 Å². The third-order valence-corrected chi connectivity index (χ3v) is 3.48. The summed E-state index contributed by atoms with van der Waals surface area (Å²) in [5, 5.41) is 13.0. The molecule has 0 unspecified atom stereocenters. The van der Waals surface area contributed by atoms with Crippen molar-refractivity contribution in [1.29, 1.82) is 0 Å². The zero-order valence-corrected chi connectivity index (χ0v) is 10.9. The van der Waals surface area contributed by atoms with Gasteiger partial charge in [0.25, 0.3) is 0 Å². The van der Waals surface area contributed by atoms with Crippen LogP contribution in [0, 0.1) is 0 Å². The van der Waals surface area contributed by atoms with Crippen molar-refractivity contribution in [3.63, 3.8) is 0 Å². The summed E-state index contributed by atoms with van der Waals surface area (Å²) in [6, 6.07) is 3.48. The number of aromatic amines is 1. The number of amidine groups is 1. The van der Waals surface area contributed by atoms with Crippen LogP contribution in [0.25, 0.3) is 11.2 Å². The first-order chi connectivity index (χ1) is 9.78. The zero-order valence-electron chi connectivity index (χ0n) is 10.1. The normalized spacial score (nSPS) is 11.9. The van der Waals surface area contributed by atoms with Crippen LogP contribution in [0.3, 0.4) is 0 Å². The highest BCUT2D eigenvalue weighted by atomic mass is 32.2. The monoisotopic (exact) mass is 287 g/mol. The van der Waals surface area contributed by atoms with Gasteiger partial charge in [-0.1, -0.05) is 5.16 Å². The first kappa shape index (κ1) is 12.4. The van der Waals surface area contributed by atoms with Gasteiger partial charge in [0.1, 0.15) is 21.9 Å². The van der Waals surface area contributed by atoms with E-state index in [1.54, 1.807) is 18.5 Å². The lowest BCUT2D eigenvalue weighted by atomic mass is 10.3. The minimum atomic E-state index is 0.0204. The summed E-state index contributed by atoms with van der Waals surface area (Å²) in [5.74, 6) is 0.0204. The lowest BCUT2D eigenvalue weighted by molar-refractivity contribution is 0.318. The summed E-state index contributed by atoms with van der Waals surface area (Å²) >= 11 is 1.37. The smallest absolute Gasteiger partial charge is 0.181 e. The van der Waals surface area contributed by atoms with E-state index >= 15 is 0 Å². The number of hydrogen-bond donors (Lipinski definition) is 3. The molecule has 0 atom stereocenters. The Kier molecular flexibility index (Phi) is 3.17. The Labute approximate surface area is 117 Å². The molecule has 0 fully saturated rings. The molecular weight excluding hydrogens is 278 g/mol. The van der Waals surface area contributed by atoms with E-state index in [4.69, 9.17) is 10.9 Å². The summed E-state index contributed by atoms with van der Waals surface area (Å²) in [6.07, 6.45) is 4.55. The minimum Gasteiger partial charge on any atom is -0.409 e. The van der Waals surface area contributed by atoms with E-state index in [1.165, 1.54) is 24.3 Å². The van der Waals surface area contributed by atoms with Crippen LogP contribution in [-0.2, 0) is 0 Å². The maximum absolute atomic E-state index is 8.59. The molecular formula is C11H9N7OS. The molecule has 0 amide bonds. The SMILES string of the molecule is NC(=NO)c1ccc(Sc2ncnc3nc[nH]c23)nc1. The number of pyridine rings is 1. The molecule has 0 radical (unpaired) electrons. The van der Waals surface area contributed by atoms with Crippen molar-refractivity contribution in [3.8, 4) is 0 Å². The van der Waals surface area contributed by atoms with Gasteiger partial charge in [0.15, 0.2) is 11.5 Å². The molecule has 0 saturated carbocycles. The fraction of sp³-hybridized carbons (Fsp3) is 0. The number of nitrogens with two attached hydrogens (primary N) is 1. The van der Waals surface area contributed by atoms with Crippen molar-refractivity contribution < 1.29 is 5.21 Å². The van der Waals surface area contributed by atoms with Crippen molar-refractivity contribution in [2.75, 3.05) is 0 Å². The zero-order chi connectivity index (χ0) is 13.9. The maximum Gasteiger partial charge on any atom is 0.181 e. The van der Waals surface area contributed by atoms with Crippen LogP contribution in [-0.4, -0.2) is 36.0 Å². The fourth-order valence-corrected chi connectivity index (χ4v) is 2.36. The number of imidazole rings is 1. The number of H-pyrrole nitrogens is 1. The first-order valence-electron chi connectivity index (χ1n) is 5.54. The average Bonchev–Trinajstić information content (AvgIpc) is 2.97. The van der Waals surface area contributed by atoms with Crippen LogP contribution in [0.2, 0.25) is 0 Å². The van der Waals surface area contributed by atoms with E-state index in [1.807, 2.05) is 0 Å². The van der Waals surface area contributed by atoms with Gasteiger partial charge in [0, 0.05) is 11.8 Å². The van der Waals surface area contributed by atoms with E-state index < -0.39 is 0 Å². The second-order valence-corrected chi connectivity index (χ2v) is 4.76. The van der Waals surface area contributed by atoms with Gasteiger partial charge in [0.2, 0.25) is 0 Å². The average molecular weight is 287 g/mol. The van der Waals surface area contributed by atoms with Gasteiger partial charge >= 0.3 is 0 Å². The topological polar surface area (TPSA) is 126 Å². The highest BCUT2D eigenvalue weighted by Gasteiger charge is 2.09. The Bertz CT molecular complexity index is 768. The lowest BCUT2D eigenvalue weighted by Crippen LogP contribution is -2.13. The highest BCUT2D eigenvalue weighted by molar-refractivity contribution is 7.99. The molecule has 0 bridgehead atoms. The third kappa shape index (κ3) is 2.26. The molecule has 20 heavy (non-hydrogen) atoms. The van der Waals surface area contributed by atoms with E-state index in [-0.39, 0.29) is 5.84 Å². The number of fused-ring (bicyclic) bond motifs is 1. The Hall–Kier alpha value is -2.68. The van der Waals surface area contributed by atoms with Crippen LogP contribution < -0.4 is 5.73 Å². The highest BCUT2D eigenvalue weighted by Crippen LogP contribution is 2.27. The molecule has 3 aromatic rings. The van der Waals surface area contributed by atoms with Crippen molar-refractivity contribution in [3.05, 3.63) is 36.5 Å². The number of aromatic nitrogens is 5. The number of oxime groups is 1. The molecule has 4 N–H and O–H groups in total. The predicted molar refractivity (Wildman–Crippen MR) is 72.6 cm³/mol. The molecule has 8 nitrogen and oxygen atoms in total. The Balaban J connectivity index is 1.89. The summed E-state index contributed by atoms with van der Waals surface area (Å²) < 4.78 is 0. The maximum atomic E-state index is 8.59. The van der Waals surface area contributed by atoms with Crippen LogP contribution in [0.15, 0.2) is 46.2 Å². The molecule has 0 aromatic carbocycles. The van der Waals surface area contributed by atoms with E-state index in [0.717, 1.165) is 15.6 Å². The molecule has 3 aromatic heterocycles. The molecule has 0 aliphatic carbocycles. The van der Waals surface area contributed by atoms with E-state index in [2.05, 4.69) is 30.1 Å². The van der Waals surface area contributed by atoms with Crippen LogP contribution in [0.1, 0.15) is 5.56 Å². The van der Waals surface area contributed by atoms with Gasteiger partial charge in [0.05, 0.1) is 6.33 Å². The number of nitrogens with one attached hydrogen (secondary N) is 1. The second kappa shape index (κ2) is 5.13. The molecule has 0 saturated heterocycles. The quantitative estimate of drug-likeness (QED) is 0.215. The van der Waals surface area contributed by atoms with Crippen LogP contribution in [0.5, 0.6) is 0 Å². The van der Waals surface area contributed by atoms with Gasteiger partial charge in [-0.2, -0.15) is 0 Å². The van der Waals surface area contributed by atoms with E-state index in [9.17, 15) is 0 Å². The first-order valence-corrected chi connectivity index (χ1v) is 6.35. The van der Waals surface area contributed by atoms with Gasteiger partial charge < -0.3 is 15.9 Å². The lowest BCUT2D eigenvalue weighted by Gasteiger charge is -2.02. The summed E-state index contributed by atoms with van der Waals surface area (Å²) in [7, 11) is 0. The number of nitrogens with zero attached hydrogens (tertiary/aromatic N) is 5. The van der Waals surface area contributed by atoms with Crippen molar-refractivity contribution in [2.24, 2.45) is 10.9 Å². The summed E-state index contributed by atoms with van der Waals surface area (Å²) in [6.45, 7) is 0. The largest absolute Gasteiger partial charge is 0.409 e. The van der Waals surface area contributed by atoms with Gasteiger partial charge in [-0.05, 0) is 23.9 Å². The fourth-order valence-electron chi connectivity index (χ4n) is 1.57. The Morgan fingerprint density at radius 3 is 2.90 bits per heavy atom. The van der Waals surface area contributed by atoms with Crippen molar-refractivity contribution in [1.82, 2.24) is 24.9 Å². The summed E-state index contributed by atoms with van der Waals surface area (Å²) in [5.41, 5.74) is 7.40. The third-order valence-electron chi connectivity index (χ3n) is 2.53. The van der Waals surface area contributed by atoms with Gasteiger partial charge in [-0.15, -0.1) is 0 Å². The molecule has 3 heterocycles. The Morgan fingerprint density at radius 1 is 1.25 bits per heavy atom. The molecule has 9 heteroatoms. The number of hydrogen-bond acceptors (Lipinski definition) is 7. The number of rotatable bonds is 3. The standard InChI is InChI=1S/C11H9N7OS/c12-9(18-19)6-1-2-7(13-3-6)20-11-8-10(15-4-14-8)16-5-17-11/h1-5,19H,(H2,12,18)(H,14,15,16,17). The van der Waals surface area contributed by atoms with E-state index in [0.29, 0.717) is 11.2 Å². The predicted octanol–water partition coefficient (Wildman–Crippen LogP) is 0.994. The molecule has 0 aliphatic heterocycles. The van der Waals surface area contributed by atoms with Gasteiger partial charge in [-0.3, -0.25) is 0 Å². The van der Waals surface area contributed by atoms with Crippen LogP contribution >= 0.6 is 11.8 Å².